The molecule has 2 aromatic rings. The number of benzene rings is 1. The molecule has 25 heavy (non-hydrogen) atoms. The van der Waals surface area contributed by atoms with Crippen molar-refractivity contribution < 1.29 is 19.2 Å². The fourth-order valence-corrected chi connectivity index (χ4v) is 2.13. The zero-order chi connectivity index (χ0) is 18.4. The van der Waals surface area contributed by atoms with Gasteiger partial charge in [0.1, 0.15) is 6.07 Å². The van der Waals surface area contributed by atoms with E-state index in [0.29, 0.717) is 25.1 Å². The topological polar surface area (TPSA) is 145 Å². The van der Waals surface area contributed by atoms with Gasteiger partial charge in [-0.25, -0.2) is 0 Å². The minimum atomic E-state index is -0.698. The summed E-state index contributed by atoms with van der Waals surface area (Å²) in [6, 6.07) is 6.38. The number of carbonyl (C=O) groups is 1. The number of nitro benzene ring substituents is 2. The number of nitrogens with one attached hydrogen (secondary N) is 1. The molecule has 2 rings (SSSR count). The van der Waals surface area contributed by atoms with Crippen LogP contribution < -0.4 is 15.6 Å². The Labute approximate surface area is 142 Å². The van der Waals surface area contributed by atoms with E-state index in [-0.39, 0.29) is 17.3 Å². The molecule has 3 N–H and O–H groups in total. The normalized spacial score (nSPS) is 10.3. The number of aromatic nitrogens is 1. The van der Waals surface area contributed by atoms with Gasteiger partial charge in [-0.2, -0.15) is 4.57 Å². The molecule has 0 bridgehead atoms. The van der Waals surface area contributed by atoms with Gasteiger partial charge in [-0.15, -0.1) is 0 Å². The van der Waals surface area contributed by atoms with Crippen molar-refractivity contribution in [3.8, 4) is 5.69 Å². The number of nitro groups is 2. The molecule has 0 aliphatic rings. The van der Waals surface area contributed by atoms with Gasteiger partial charge in [0.05, 0.1) is 15.4 Å². The Morgan fingerprint density at radius 1 is 1.12 bits per heavy atom. The van der Waals surface area contributed by atoms with Crippen molar-refractivity contribution in [3.63, 3.8) is 0 Å². The van der Waals surface area contributed by atoms with E-state index in [4.69, 9.17) is 5.73 Å². The molecule has 0 spiro atoms. The van der Waals surface area contributed by atoms with Crippen molar-refractivity contribution in [2.24, 2.45) is 5.73 Å². The van der Waals surface area contributed by atoms with Gasteiger partial charge in [0.15, 0.2) is 12.4 Å². The third-order valence-corrected chi connectivity index (χ3v) is 3.40. The average molecular weight is 346 g/mol. The SMILES string of the molecule is NCCCNC(=O)c1cc[n+](-c2ccc([N+](=O)[O-])cc2[N+](=O)[O-])cc1. The molecule has 1 aromatic carbocycles. The molecule has 0 aliphatic carbocycles. The Bertz CT molecular complexity index is 806. The standard InChI is InChI=1S/C15H15N5O5/c16-6-1-7-17-15(21)11-4-8-18(9-5-11)13-3-2-12(19(22)23)10-14(13)20(24)25/h2-5,8-10H,1,6-7,16H2/p+1. The number of rotatable bonds is 7. The van der Waals surface area contributed by atoms with Gasteiger partial charge in [0, 0.05) is 30.8 Å². The van der Waals surface area contributed by atoms with Crippen LogP contribution in [0.4, 0.5) is 11.4 Å². The molecule has 10 nitrogen and oxygen atoms in total. The molecule has 0 aliphatic heterocycles. The lowest BCUT2D eigenvalue weighted by atomic mass is 10.2. The molecule has 0 saturated carbocycles. The van der Waals surface area contributed by atoms with Crippen LogP contribution in [0.5, 0.6) is 0 Å². The molecular weight excluding hydrogens is 330 g/mol. The van der Waals surface area contributed by atoms with Gasteiger partial charge >= 0.3 is 5.69 Å². The monoisotopic (exact) mass is 346 g/mol. The largest absolute Gasteiger partial charge is 0.352 e. The minimum Gasteiger partial charge on any atom is -0.352 e. The molecule has 1 aromatic heterocycles. The van der Waals surface area contributed by atoms with E-state index < -0.39 is 15.5 Å². The molecular formula is C15H16N5O5+. The average Bonchev–Trinajstić information content (AvgIpc) is 2.61. The number of non-ortho nitro benzene ring substituents is 1. The zero-order valence-corrected chi connectivity index (χ0v) is 13.1. The predicted octanol–water partition coefficient (Wildman–Crippen LogP) is 0.858. The highest BCUT2D eigenvalue weighted by atomic mass is 16.6. The summed E-state index contributed by atoms with van der Waals surface area (Å²) in [6.45, 7) is 0.928. The highest BCUT2D eigenvalue weighted by molar-refractivity contribution is 5.93. The molecule has 0 fully saturated rings. The third-order valence-electron chi connectivity index (χ3n) is 3.40. The van der Waals surface area contributed by atoms with Crippen molar-refractivity contribution >= 4 is 17.3 Å². The van der Waals surface area contributed by atoms with Crippen LogP contribution in [0, 0.1) is 20.2 Å². The van der Waals surface area contributed by atoms with Crippen molar-refractivity contribution in [2.45, 2.75) is 6.42 Å². The van der Waals surface area contributed by atoms with Crippen molar-refractivity contribution in [2.75, 3.05) is 13.1 Å². The van der Waals surface area contributed by atoms with Crippen LogP contribution in [0.15, 0.2) is 42.7 Å². The molecule has 0 saturated heterocycles. The number of carbonyl (C=O) groups excluding carboxylic acids is 1. The van der Waals surface area contributed by atoms with Crippen LogP contribution in [0.3, 0.4) is 0 Å². The molecule has 0 unspecified atom stereocenters. The first-order valence-corrected chi connectivity index (χ1v) is 7.37. The van der Waals surface area contributed by atoms with Crippen LogP contribution in [0.25, 0.3) is 5.69 Å². The Morgan fingerprint density at radius 2 is 1.80 bits per heavy atom. The number of nitrogens with two attached hydrogens (primary N) is 1. The molecule has 1 amide bonds. The number of nitrogens with zero attached hydrogens (tertiary/aromatic N) is 3. The summed E-state index contributed by atoms with van der Waals surface area (Å²) < 4.78 is 1.42. The molecule has 0 atom stereocenters. The number of amides is 1. The van der Waals surface area contributed by atoms with E-state index in [1.54, 1.807) is 0 Å². The van der Waals surface area contributed by atoms with Gasteiger partial charge in [-0.3, -0.25) is 25.0 Å². The van der Waals surface area contributed by atoms with Gasteiger partial charge < -0.3 is 11.1 Å². The van der Waals surface area contributed by atoms with Crippen LogP contribution in [-0.2, 0) is 0 Å². The maximum Gasteiger partial charge on any atom is 0.347 e. The van der Waals surface area contributed by atoms with E-state index >= 15 is 0 Å². The van der Waals surface area contributed by atoms with Gasteiger partial charge in [-0.1, -0.05) is 0 Å². The smallest absolute Gasteiger partial charge is 0.347 e. The molecule has 1 heterocycles. The van der Waals surface area contributed by atoms with Crippen molar-refractivity contribution in [1.29, 1.82) is 0 Å². The van der Waals surface area contributed by atoms with E-state index in [1.165, 1.54) is 41.2 Å². The Hall–Kier alpha value is -3.40. The number of hydrogen-bond donors (Lipinski definition) is 2. The molecule has 0 radical (unpaired) electrons. The third kappa shape index (κ3) is 4.32. The van der Waals surface area contributed by atoms with Gasteiger partial charge in [0.2, 0.25) is 0 Å². The lowest BCUT2D eigenvalue weighted by Crippen LogP contribution is -2.32. The summed E-state index contributed by atoms with van der Waals surface area (Å²) >= 11 is 0. The highest BCUT2D eigenvalue weighted by Crippen LogP contribution is 2.24. The summed E-state index contributed by atoms with van der Waals surface area (Å²) in [5.41, 5.74) is 5.13. The van der Waals surface area contributed by atoms with Gasteiger partial charge in [0.25, 0.3) is 17.3 Å². The number of pyridine rings is 1. The fourth-order valence-electron chi connectivity index (χ4n) is 2.13. The minimum absolute atomic E-state index is 0.158. The maximum atomic E-state index is 11.9. The second-order valence-electron chi connectivity index (χ2n) is 5.08. The lowest BCUT2D eigenvalue weighted by molar-refractivity contribution is -0.601. The predicted molar refractivity (Wildman–Crippen MR) is 87.3 cm³/mol. The fraction of sp³-hybridized carbons (Fsp3) is 0.200. The summed E-state index contributed by atoms with van der Waals surface area (Å²) in [5, 5.41) is 24.7. The van der Waals surface area contributed by atoms with E-state index in [1.807, 2.05) is 0 Å². The van der Waals surface area contributed by atoms with Crippen LogP contribution in [0.2, 0.25) is 0 Å². The van der Waals surface area contributed by atoms with E-state index in [9.17, 15) is 25.0 Å². The van der Waals surface area contributed by atoms with Gasteiger partial charge in [-0.05, 0) is 13.0 Å². The first-order chi connectivity index (χ1) is 11.9. The molecule has 130 valence electrons. The summed E-state index contributed by atoms with van der Waals surface area (Å²) in [4.78, 5) is 32.5. The summed E-state index contributed by atoms with van der Waals surface area (Å²) in [7, 11) is 0. The van der Waals surface area contributed by atoms with Crippen LogP contribution in [0.1, 0.15) is 16.8 Å². The summed E-state index contributed by atoms with van der Waals surface area (Å²) in [6.07, 6.45) is 3.62. The Kier molecular flexibility index (Phi) is 5.69. The second kappa shape index (κ2) is 7.93. The van der Waals surface area contributed by atoms with Crippen molar-refractivity contribution in [1.82, 2.24) is 5.32 Å². The van der Waals surface area contributed by atoms with Crippen LogP contribution >= 0.6 is 0 Å². The molecule has 10 heteroatoms. The van der Waals surface area contributed by atoms with E-state index in [0.717, 1.165) is 6.07 Å². The second-order valence-corrected chi connectivity index (χ2v) is 5.08. The zero-order valence-electron chi connectivity index (χ0n) is 13.1. The van der Waals surface area contributed by atoms with Crippen LogP contribution in [-0.4, -0.2) is 28.8 Å². The lowest BCUT2D eigenvalue weighted by Gasteiger charge is -2.03. The Balaban J connectivity index is 2.29. The Morgan fingerprint density at radius 3 is 2.36 bits per heavy atom. The first-order valence-electron chi connectivity index (χ1n) is 7.37. The highest BCUT2D eigenvalue weighted by Gasteiger charge is 2.26. The quantitative estimate of drug-likeness (QED) is 0.329. The number of hydrogen-bond acceptors (Lipinski definition) is 6. The van der Waals surface area contributed by atoms with Crippen molar-refractivity contribution in [3.05, 3.63) is 68.5 Å². The summed E-state index contributed by atoms with van der Waals surface area (Å²) in [5.74, 6) is -0.279. The van der Waals surface area contributed by atoms with E-state index in [2.05, 4.69) is 5.32 Å². The maximum absolute atomic E-state index is 11.9. The first kappa shape index (κ1) is 17.9.